The van der Waals surface area contributed by atoms with Gasteiger partial charge in [0.1, 0.15) is 5.82 Å². The average Bonchev–Trinajstić information content (AvgIpc) is 2.31. The highest BCUT2D eigenvalue weighted by Crippen LogP contribution is 2.25. The van der Waals surface area contributed by atoms with Crippen LogP contribution in [-0.4, -0.2) is 7.11 Å². The lowest BCUT2D eigenvalue weighted by Crippen LogP contribution is -1.93. The average molecular weight is 342 g/mol. The van der Waals surface area contributed by atoms with Crippen LogP contribution in [0.5, 0.6) is 0 Å². The first kappa shape index (κ1) is 12.5. The van der Waals surface area contributed by atoms with Crippen molar-refractivity contribution in [1.29, 1.82) is 0 Å². The second kappa shape index (κ2) is 5.60. The molecule has 0 aliphatic carbocycles. The number of ether oxygens (including phenoxy) is 1. The minimum Gasteiger partial charge on any atom is -0.380 e. The summed E-state index contributed by atoms with van der Waals surface area (Å²) in [5, 5.41) is 0. The topological polar surface area (TPSA) is 9.23 Å². The van der Waals surface area contributed by atoms with Gasteiger partial charge in [0.2, 0.25) is 0 Å². The second-order valence-electron chi connectivity index (χ2n) is 3.74. The molecule has 0 aliphatic heterocycles. The van der Waals surface area contributed by atoms with Crippen molar-refractivity contribution in [2.75, 3.05) is 7.11 Å². The van der Waals surface area contributed by atoms with Gasteiger partial charge in [-0.25, -0.2) is 4.39 Å². The predicted octanol–water partition coefficient (Wildman–Crippen LogP) is 4.24. The third-order valence-corrected chi connectivity index (χ3v) is 3.24. The van der Waals surface area contributed by atoms with Crippen LogP contribution in [0.25, 0.3) is 11.1 Å². The molecule has 0 aromatic heterocycles. The van der Waals surface area contributed by atoms with Crippen LogP contribution in [0.2, 0.25) is 0 Å². The highest BCUT2D eigenvalue weighted by atomic mass is 127. The molecule has 3 heteroatoms. The van der Waals surface area contributed by atoms with Crippen molar-refractivity contribution in [3.8, 4) is 11.1 Å². The molecule has 0 saturated heterocycles. The van der Waals surface area contributed by atoms with Crippen LogP contribution < -0.4 is 0 Å². The van der Waals surface area contributed by atoms with Crippen molar-refractivity contribution in [3.05, 3.63) is 57.4 Å². The molecule has 0 radical (unpaired) electrons. The van der Waals surface area contributed by atoms with E-state index in [4.69, 9.17) is 4.74 Å². The van der Waals surface area contributed by atoms with E-state index in [1.807, 2.05) is 24.3 Å². The standard InChI is InChI=1S/C14H12FIO/c1-17-9-11-8-12(15)4-7-14(11)10-2-5-13(16)6-3-10/h2-8H,9H2,1H3. The second-order valence-corrected chi connectivity index (χ2v) is 4.99. The van der Waals surface area contributed by atoms with Crippen molar-refractivity contribution in [2.45, 2.75) is 6.61 Å². The van der Waals surface area contributed by atoms with E-state index in [0.29, 0.717) is 6.61 Å². The van der Waals surface area contributed by atoms with Gasteiger partial charge in [-0.1, -0.05) is 18.2 Å². The Morgan fingerprint density at radius 1 is 1.12 bits per heavy atom. The Kier molecular flexibility index (Phi) is 4.12. The van der Waals surface area contributed by atoms with Crippen molar-refractivity contribution in [2.24, 2.45) is 0 Å². The lowest BCUT2D eigenvalue weighted by molar-refractivity contribution is 0.185. The number of hydrogen-bond donors (Lipinski definition) is 0. The molecule has 2 aromatic rings. The van der Waals surface area contributed by atoms with Gasteiger partial charge in [0.25, 0.3) is 0 Å². The Labute approximate surface area is 114 Å². The maximum atomic E-state index is 13.2. The maximum Gasteiger partial charge on any atom is 0.123 e. The van der Waals surface area contributed by atoms with Crippen LogP contribution in [0.4, 0.5) is 4.39 Å². The van der Waals surface area contributed by atoms with Gasteiger partial charge in [-0.2, -0.15) is 0 Å². The van der Waals surface area contributed by atoms with E-state index in [1.165, 1.54) is 15.7 Å². The molecule has 0 saturated carbocycles. The predicted molar refractivity (Wildman–Crippen MR) is 75.3 cm³/mol. The van der Waals surface area contributed by atoms with Crippen molar-refractivity contribution >= 4 is 22.6 Å². The monoisotopic (exact) mass is 342 g/mol. The van der Waals surface area contributed by atoms with Gasteiger partial charge in [-0.3, -0.25) is 0 Å². The lowest BCUT2D eigenvalue weighted by Gasteiger charge is -2.09. The first-order chi connectivity index (χ1) is 8.20. The van der Waals surface area contributed by atoms with Gasteiger partial charge in [-0.05, 0) is 63.5 Å². The van der Waals surface area contributed by atoms with E-state index in [0.717, 1.165) is 16.7 Å². The number of rotatable bonds is 3. The first-order valence-corrected chi connectivity index (χ1v) is 6.32. The Morgan fingerprint density at radius 3 is 2.47 bits per heavy atom. The SMILES string of the molecule is COCc1cc(F)ccc1-c1ccc(I)cc1. The number of benzene rings is 2. The molecule has 0 heterocycles. The Balaban J connectivity index is 2.46. The largest absolute Gasteiger partial charge is 0.380 e. The highest BCUT2D eigenvalue weighted by molar-refractivity contribution is 14.1. The minimum absolute atomic E-state index is 0.230. The smallest absolute Gasteiger partial charge is 0.123 e. The fraction of sp³-hybridized carbons (Fsp3) is 0.143. The van der Waals surface area contributed by atoms with Gasteiger partial charge < -0.3 is 4.74 Å². The first-order valence-electron chi connectivity index (χ1n) is 5.24. The van der Waals surface area contributed by atoms with Crippen LogP contribution in [0.15, 0.2) is 42.5 Å². The van der Waals surface area contributed by atoms with Crippen LogP contribution in [0.3, 0.4) is 0 Å². The van der Waals surface area contributed by atoms with Gasteiger partial charge >= 0.3 is 0 Å². The number of methoxy groups -OCH3 is 1. The number of halogens is 2. The molecular weight excluding hydrogens is 330 g/mol. The molecule has 0 atom stereocenters. The van der Waals surface area contributed by atoms with E-state index in [9.17, 15) is 4.39 Å². The molecular formula is C14H12FIO. The summed E-state index contributed by atoms with van der Waals surface area (Å²) in [6, 6.07) is 12.9. The summed E-state index contributed by atoms with van der Waals surface area (Å²) >= 11 is 2.26. The third kappa shape index (κ3) is 3.04. The molecule has 0 bridgehead atoms. The summed E-state index contributed by atoms with van der Waals surface area (Å²) in [6.07, 6.45) is 0. The van der Waals surface area contributed by atoms with Crippen LogP contribution in [-0.2, 0) is 11.3 Å². The zero-order valence-electron chi connectivity index (χ0n) is 9.41. The van der Waals surface area contributed by atoms with E-state index in [2.05, 4.69) is 22.6 Å². The summed E-state index contributed by atoms with van der Waals surface area (Å²) in [6.45, 7) is 0.416. The highest BCUT2D eigenvalue weighted by Gasteiger charge is 2.06. The fourth-order valence-electron chi connectivity index (χ4n) is 1.75. The zero-order valence-corrected chi connectivity index (χ0v) is 11.6. The summed E-state index contributed by atoms with van der Waals surface area (Å²) in [7, 11) is 1.61. The molecule has 88 valence electrons. The van der Waals surface area contributed by atoms with Crippen LogP contribution >= 0.6 is 22.6 Å². The summed E-state index contributed by atoms with van der Waals surface area (Å²) in [4.78, 5) is 0. The molecule has 0 aliphatic rings. The van der Waals surface area contributed by atoms with E-state index < -0.39 is 0 Å². The van der Waals surface area contributed by atoms with Crippen molar-refractivity contribution in [3.63, 3.8) is 0 Å². The van der Waals surface area contributed by atoms with E-state index in [1.54, 1.807) is 13.2 Å². The minimum atomic E-state index is -0.230. The normalized spacial score (nSPS) is 10.5. The Hall–Kier alpha value is -0.940. The molecule has 0 amide bonds. The fourth-order valence-corrected chi connectivity index (χ4v) is 2.11. The quantitative estimate of drug-likeness (QED) is 0.758. The number of hydrogen-bond acceptors (Lipinski definition) is 1. The molecule has 0 unspecified atom stereocenters. The van der Waals surface area contributed by atoms with Gasteiger partial charge in [0.05, 0.1) is 6.61 Å². The third-order valence-electron chi connectivity index (χ3n) is 2.52. The molecule has 0 N–H and O–H groups in total. The van der Waals surface area contributed by atoms with Crippen LogP contribution in [0.1, 0.15) is 5.56 Å². The Morgan fingerprint density at radius 2 is 1.82 bits per heavy atom. The molecule has 2 rings (SSSR count). The van der Waals surface area contributed by atoms with E-state index in [-0.39, 0.29) is 5.82 Å². The molecule has 0 spiro atoms. The van der Waals surface area contributed by atoms with Gasteiger partial charge in [0, 0.05) is 10.7 Å². The summed E-state index contributed by atoms with van der Waals surface area (Å²) in [5.74, 6) is -0.230. The van der Waals surface area contributed by atoms with E-state index >= 15 is 0 Å². The lowest BCUT2D eigenvalue weighted by atomic mass is 10.00. The molecule has 2 aromatic carbocycles. The molecule has 1 nitrogen and oxygen atoms in total. The van der Waals surface area contributed by atoms with Crippen molar-refractivity contribution < 1.29 is 9.13 Å². The van der Waals surface area contributed by atoms with Gasteiger partial charge in [0.15, 0.2) is 0 Å². The van der Waals surface area contributed by atoms with Crippen molar-refractivity contribution in [1.82, 2.24) is 0 Å². The summed E-state index contributed by atoms with van der Waals surface area (Å²) < 4.78 is 19.5. The maximum absolute atomic E-state index is 13.2. The Bertz CT molecular complexity index is 508. The molecule has 17 heavy (non-hydrogen) atoms. The molecule has 0 fully saturated rings. The zero-order chi connectivity index (χ0) is 12.3. The van der Waals surface area contributed by atoms with Gasteiger partial charge in [-0.15, -0.1) is 0 Å². The summed E-state index contributed by atoms with van der Waals surface area (Å²) in [5.41, 5.74) is 2.97. The van der Waals surface area contributed by atoms with Crippen LogP contribution in [0, 0.1) is 9.39 Å².